The van der Waals surface area contributed by atoms with Gasteiger partial charge in [-0.1, -0.05) is 53.6 Å². The monoisotopic (exact) mass is 493 g/mol. The zero-order valence-corrected chi connectivity index (χ0v) is 19.4. The van der Waals surface area contributed by atoms with E-state index in [1.807, 2.05) is 0 Å². The zero-order chi connectivity index (χ0) is 23.8. The van der Waals surface area contributed by atoms with Gasteiger partial charge < -0.3 is 30.5 Å². The van der Waals surface area contributed by atoms with Crippen LogP contribution in [0, 0.1) is 0 Å². The Balaban J connectivity index is 1.51. The van der Waals surface area contributed by atoms with Crippen LogP contribution in [0.2, 0.25) is 10.0 Å². The predicted molar refractivity (Wildman–Crippen MR) is 127 cm³/mol. The highest BCUT2D eigenvalue weighted by molar-refractivity contribution is 6.42. The number of urea groups is 1. The number of hydrogen-bond acceptors (Lipinski definition) is 5. The number of rotatable bonds is 8. The summed E-state index contributed by atoms with van der Waals surface area (Å²) in [5.74, 6) is 0.293. The fourth-order valence-electron chi connectivity index (χ4n) is 3.30. The molecule has 10 heteroatoms. The number of nitrogens with one attached hydrogen (secondary N) is 3. The molecule has 33 heavy (non-hydrogen) atoms. The van der Waals surface area contributed by atoms with E-state index in [0.717, 1.165) is 5.56 Å². The summed E-state index contributed by atoms with van der Waals surface area (Å²) >= 11 is 11.9. The fraction of sp³-hybridized carbons (Fsp3) is 0.304. The van der Waals surface area contributed by atoms with Gasteiger partial charge in [0.15, 0.2) is 0 Å². The number of methoxy groups -OCH3 is 1. The normalized spacial score (nSPS) is 19.6. The molecule has 2 aromatic carbocycles. The Morgan fingerprint density at radius 1 is 1.12 bits per heavy atom. The van der Waals surface area contributed by atoms with Crippen molar-refractivity contribution in [1.82, 2.24) is 10.6 Å². The lowest BCUT2D eigenvalue weighted by Crippen LogP contribution is -2.50. The molecular formula is C23H25Cl2N3O5. The molecule has 0 fully saturated rings. The Hall–Kier alpha value is -2.78. The van der Waals surface area contributed by atoms with E-state index >= 15 is 0 Å². The average molecular weight is 494 g/mol. The van der Waals surface area contributed by atoms with Gasteiger partial charge >= 0.3 is 6.03 Å². The van der Waals surface area contributed by atoms with Gasteiger partial charge in [0, 0.05) is 6.54 Å². The quantitative estimate of drug-likeness (QED) is 0.420. The van der Waals surface area contributed by atoms with Gasteiger partial charge in [-0.05, 0) is 29.8 Å². The summed E-state index contributed by atoms with van der Waals surface area (Å²) in [5.41, 5.74) is 1.33. The number of halogens is 2. The van der Waals surface area contributed by atoms with Crippen LogP contribution in [0.5, 0.6) is 5.75 Å². The van der Waals surface area contributed by atoms with Crippen LogP contribution in [0.25, 0.3) is 0 Å². The van der Waals surface area contributed by atoms with E-state index in [2.05, 4.69) is 16.0 Å². The fourth-order valence-corrected chi connectivity index (χ4v) is 3.62. The molecule has 0 bridgehead atoms. The van der Waals surface area contributed by atoms with E-state index in [-0.39, 0.29) is 18.9 Å². The van der Waals surface area contributed by atoms with Crippen molar-refractivity contribution in [1.29, 1.82) is 0 Å². The van der Waals surface area contributed by atoms with Crippen molar-refractivity contribution in [2.24, 2.45) is 0 Å². The second kappa shape index (κ2) is 11.9. The van der Waals surface area contributed by atoms with Gasteiger partial charge in [0.25, 0.3) is 0 Å². The minimum absolute atomic E-state index is 0.0639. The average Bonchev–Trinajstić information content (AvgIpc) is 2.81. The minimum atomic E-state index is -0.703. The van der Waals surface area contributed by atoms with E-state index in [9.17, 15) is 14.7 Å². The molecule has 2 aromatic rings. The molecule has 1 heterocycles. The first-order valence-corrected chi connectivity index (χ1v) is 11.0. The minimum Gasteiger partial charge on any atom is -0.495 e. The van der Waals surface area contributed by atoms with Crippen LogP contribution in [0.4, 0.5) is 10.5 Å². The highest BCUT2D eigenvalue weighted by Crippen LogP contribution is 2.24. The van der Waals surface area contributed by atoms with Crippen molar-refractivity contribution in [3.63, 3.8) is 0 Å². The number of carbonyl (C=O) groups excluding carboxylic acids is 2. The molecule has 0 radical (unpaired) electrons. The third-order valence-corrected chi connectivity index (χ3v) is 5.72. The number of benzene rings is 2. The molecule has 4 N–H and O–H groups in total. The number of hydrogen-bond donors (Lipinski definition) is 4. The van der Waals surface area contributed by atoms with Crippen molar-refractivity contribution in [2.75, 3.05) is 19.0 Å². The van der Waals surface area contributed by atoms with Gasteiger partial charge in [-0.3, -0.25) is 4.79 Å². The van der Waals surface area contributed by atoms with Crippen LogP contribution in [-0.4, -0.2) is 49.0 Å². The number of aliphatic hydroxyl groups excluding tert-OH is 1. The molecule has 1 aliphatic heterocycles. The molecule has 3 amide bonds. The van der Waals surface area contributed by atoms with E-state index in [1.54, 1.807) is 54.6 Å². The molecular weight excluding hydrogens is 469 g/mol. The number of anilines is 1. The van der Waals surface area contributed by atoms with Gasteiger partial charge in [0.05, 0.1) is 48.0 Å². The summed E-state index contributed by atoms with van der Waals surface area (Å²) in [7, 11) is 1.51. The third-order valence-electron chi connectivity index (χ3n) is 4.98. The lowest BCUT2D eigenvalue weighted by molar-refractivity contribution is -0.125. The largest absolute Gasteiger partial charge is 0.495 e. The summed E-state index contributed by atoms with van der Waals surface area (Å²) in [6.07, 6.45) is 2.23. The molecule has 0 saturated carbocycles. The lowest BCUT2D eigenvalue weighted by Gasteiger charge is -2.31. The van der Waals surface area contributed by atoms with Gasteiger partial charge in [0.2, 0.25) is 5.91 Å². The van der Waals surface area contributed by atoms with Crippen LogP contribution >= 0.6 is 23.2 Å². The molecule has 0 saturated heterocycles. The van der Waals surface area contributed by atoms with Crippen LogP contribution in [0.15, 0.2) is 54.6 Å². The molecule has 8 nitrogen and oxygen atoms in total. The predicted octanol–water partition coefficient (Wildman–Crippen LogP) is 3.51. The lowest BCUT2D eigenvalue weighted by atomic mass is 10.0. The Bertz CT molecular complexity index is 1020. The SMILES string of the molecule is COc1ccccc1NC(=O)N[C@@H]1C=C[C@@H](CC(=O)NCc2ccc(Cl)c(Cl)c2)O[C@H]1CO. The van der Waals surface area contributed by atoms with Gasteiger partial charge in [0.1, 0.15) is 11.9 Å². The number of aliphatic hydroxyl groups is 1. The van der Waals surface area contributed by atoms with Gasteiger partial charge in [-0.2, -0.15) is 0 Å². The maximum absolute atomic E-state index is 12.4. The van der Waals surface area contributed by atoms with E-state index < -0.39 is 24.3 Å². The smallest absolute Gasteiger partial charge is 0.319 e. The Labute approximate surface area is 201 Å². The molecule has 0 spiro atoms. The number of amides is 3. The molecule has 0 aromatic heterocycles. The summed E-state index contributed by atoms with van der Waals surface area (Å²) in [6.45, 7) is -0.0335. The van der Waals surface area contributed by atoms with Crippen LogP contribution < -0.4 is 20.7 Å². The number of ether oxygens (including phenoxy) is 2. The first-order valence-electron chi connectivity index (χ1n) is 10.3. The zero-order valence-electron chi connectivity index (χ0n) is 17.9. The number of para-hydroxylation sites is 2. The highest BCUT2D eigenvalue weighted by atomic mass is 35.5. The summed E-state index contributed by atoms with van der Waals surface area (Å²) in [5, 5.41) is 18.8. The van der Waals surface area contributed by atoms with Crippen molar-refractivity contribution < 1.29 is 24.2 Å². The summed E-state index contributed by atoms with van der Waals surface area (Å²) in [4.78, 5) is 24.7. The molecule has 176 valence electrons. The van der Waals surface area contributed by atoms with Gasteiger partial charge in [-0.15, -0.1) is 0 Å². The molecule has 3 rings (SSSR count). The second-order valence-electron chi connectivity index (χ2n) is 7.33. The van der Waals surface area contributed by atoms with E-state index in [4.69, 9.17) is 32.7 Å². The highest BCUT2D eigenvalue weighted by Gasteiger charge is 2.29. The van der Waals surface area contributed by atoms with E-state index in [1.165, 1.54) is 7.11 Å². The summed E-state index contributed by atoms with van der Waals surface area (Å²) < 4.78 is 11.0. The Morgan fingerprint density at radius 3 is 2.64 bits per heavy atom. The van der Waals surface area contributed by atoms with Crippen LogP contribution in [0.3, 0.4) is 0 Å². The second-order valence-corrected chi connectivity index (χ2v) is 8.15. The molecule has 1 aliphatic rings. The molecule has 0 unspecified atom stereocenters. The van der Waals surface area contributed by atoms with Crippen LogP contribution in [0.1, 0.15) is 12.0 Å². The first kappa shape index (κ1) is 24.9. The third kappa shape index (κ3) is 7.10. The molecule has 0 aliphatic carbocycles. The maximum atomic E-state index is 12.4. The van der Waals surface area contributed by atoms with E-state index in [0.29, 0.717) is 28.0 Å². The Kier molecular flexibility index (Phi) is 8.96. The maximum Gasteiger partial charge on any atom is 0.319 e. The first-order chi connectivity index (χ1) is 15.9. The summed E-state index contributed by atoms with van der Waals surface area (Å²) in [6, 6.07) is 11.1. The van der Waals surface area contributed by atoms with Crippen molar-refractivity contribution in [3.8, 4) is 5.75 Å². The standard InChI is InChI=1S/C23H25Cl2N3O5/c1-32-20-5-3-2-4-18(20)27-23(31)28-19-9-7-15(33-21(19)13-29)11-22(30)26-12-14-6-8-16(24)17(25)10-14/h2-10,15,19,21,29H,11-13H2,1H3,(H,26,30)(H2,27,28,31)/t15-,19+,21-/m0/s1. The Morgan fingerprint density at radius 2 is 1.91 bits per heavy atom. The van der Waals surface area contributed by atoms with Crippen molar-refractivity contribution in [2.45, 2.75) is 31.2 Å². The van der Waals surface area contributed by atoms with Gasteiger partial charge in [-0.25, -0.2) is 4.79 Å². The topological polar surface area (TPSA) is 109 Å². The molecule has 3 atom stereocenters. The van der Waals surface area contributed by atoms with Crippen LogP contribution in [-0.2, 0) is 16.1 Å². The van der Waals surface area contributed by atoms with Crippen molar-refractivity contribution in [3.05, 3.63) is 70.2 Å². The van der Waals surface area contributed by atoms with Crippen molar-refractivity contribution >= 4 is 40.8 Å². The number of carbonyl (C=O) groups is 2.